The first-order valence-electron chi connectivity index (χ1n) is 3.82. The zero-order chi connectivity index (χ0) is 9.42. The van der Waals surface area contributed by atoms with Crippen molar-refractivity contribution < 1.29 is 0 Å². The number of hydrogen-bond donors (Lipinski definition) is 1. The van der Waals surface area contributed by atoms with Crippen LogP contribution in [0.4, 0.5) is 5.69 Å². The monoisotopic (exact) mass is 211 g/mol. The third kappa shape index (κ3) is 1.45. The lowest BCUT2D eigenvalue weighted by molar-refractivity contribution is 1.72. The first-order valence-corrected chi connectivity index (χ1v) is 4.57. The van der Waals surface area contributed by atoms with Gasteiger partial charge in [0.1, 0.15) is 0 Å². The number of halogens is 2. The van der Waals surface area contributed by atoms with Gasteiger partial charge in [0.2, 0.25) is 0 Å². The Balaban J connectivity index is 2.89. The summed E-state index contributed by atoms with van der Waals surface area (Å²) >= 11 is 11.9. The standard InChI is InChI=1S/C10H7Cl2N/c11-8-3-1-2-6-4-10(13)9(12)5-7(6)8/h1-5H,13H2. The molecule has 0 bridgehead atoms. The van der Waals surface area contributed by atoms with Crippen LogP contribution in [0.5, 0.6) is 0 Å². The zero-order valence-electron chi connectivity index (χ0n) is 6.72. The molecular weight excluding hydrogens is 205 g/mol. The van der Waals surface area contributed by atoms with Crippen LogP contribution in [0, 0.1) is 0 Å². The van der Waals surface area contributed by atoms with Gasteiger partial charge in [0.15, 0.2) is 0 Å². The van der Waals surface area contributed by atoms with Crippen LogP contribution < -0.4 is 5.73 Å². The molecule has 2 rings (SSSR count). The van der Waals surface area contributed by atoms with Crippen molar-refractivity contribution in [1.82, 2.24) is 0 Å². The molecule has 0 amide bonds. The third-order valence-electron chi connectivity index (χ3n) is 1.94. The van der Waals surface area contributed by atoms with Gasteiger partial charge in [-0.2, -0.15) is 0 Å². The van der Waals surface area contributed by atoms with Crippen molar-refractivity contribution in [2.45, 2.75) is 0 Å². The van der Waals surface area contributed by atoms with Crippen LogP contribution in [0.1, 0.15) is 0 Å². The summed E-state index contributed by atoms with van der Waals surface area (Å²) in [4.78, 5) is 0. The van der Waals surface area contributed by atoms with Gasteiger partial charge in [-0.1, -0.05) is 35.3 Å². The number of benzene rings is 2. The molecule has 0 aliphatic carbocycles. The Bertz CT molecular complexity index is 466. The van der Waals surface area contributed by atoms with E-state index in [0.29, 0.717) is 15.7 Å². The molecule has 0 spiro atoms. The normalized spacial score (nSPS) is 10.6. The predicted molar refractivity (Wildman–Crippen MR) is 58.4 cm³/mol. The van der Waals surface area contributed by atoms with Crippen molar-refractivity contribution in [2.75, 3.05) is 5.73 Å². The Kier molecular flexibility index (Phi) is 2.06. The summed E-state index contributed by atoms with van der Waals surface area (Å²) in [5.41, 5.74) is 6.24. The molecule has 0 saturated carbocycles. The average molecular weight is 212 g/mol. The SMILES string of the molecule is Nc1cc2cccc(Cl)c2cc1Cl. The van der Waals surface area contributed by atoms with E-state index in [-0.39, 0.29) is 0 Å². The molecular formula is C10H7Cl2N. The van der Waals surface area contributed by atoms with E-state index in [1.807, 2.05) is 24.3 Å². The van der Waals surface area contributed by atoms with E-state index in [9.17, 15) is 0 Å². The Labute approximate surface area is 86.1 Å². The Morgan fingerprint density at radius 1 is 1.00 bits per heavy atom. The van der Waals surface area contributed by atoms with Crippen molar-refractivity contribution in [3.8, 4) is 0 Å². The molecule has 2 aromatic carbocycles. The lowest BCUT2D eigenvalue weighted by Gasteiger charge is -2.03. The zero-order valence-corrected chi connectivity index (χ0v) is 8.23. The molecule has 66 valence electrons. The summed E-state index contributed by atoms with van der Waals surface area (Å²) in [6.07, 6.45) is 0. The van der Waals surface area contributed by atoms with Crippen LogP contribution in [0.15, 0.2) is 30.3 Å². The molecule has 0 atom stereocenters. The minimum absolute atomic E-state index is 0.542. The van der Waals surface area contributed by atoms with Crippen LogP contribution in [-0.4, -0.2) is 0 Å². The molecule has 0 heterocycles. The highest BCUT2D eigenvalue weighted by molar-refractivity contribution is 6.37. The van der Waals surface area contributed by atoms with Crippen LogP contribution in [0.2, 0.25) is 10.0 Å². The van der Waals surface area contributed by atoms with E-state index in [2.05, 4.69) is 0 Å². The van der Waals surface area contributed by atoms with Gasteiger partial charge in [-0.25, -0.2) is 0 Å². The number of anilines is 1. The number of fused-ring (bicyclic) bond motifs is 1. The Morgan fingerprint density at radius 3 is 2.54 bits per heavy atom. The maximum Gasteiger partial charge on any atom is 0.0642 e. The average Bonchev–Trinajstić information content (AvgIpc) is 2.09. The quantitative estimate of drug-likeness (QED) is 0.661. The summed E-state index contributed by atoms with van der Waals surface area (Å²) in [6.45, 7) is 0. The van der Waals surface area contributed by atoms with Gasteiger partial charge >= 0.3 is 0 Å². The van der Waals surface area contributed by atoms with Crippen LogP contribution in [-0.2, 0) is 0 Å². The number of rotatable bonds is 0. The number of hydrogen-bond acceptors (Lipinski definition) is 1. The second kappa shape index (κ2) is 3.09. The lowest BCUT2D eigenvalue weighted by atomic mass is 10.1. The van der Waals surface area contributed by atoms with Gasteiger partial charge in [-0.3, -0.25) is 0 Å². The van der Waals surface area contributed by atoms with Crippen LogP contribution >= 0.6 is 23.2 Å². The molecule has 2 aromatic rings. The maximum absolute atomic E-state index is 5.98. The fourth-order valence-electron chi connectivity index (χ4n) is 1.28. The third-order valence-corrected chi connectivity index (χ3v) is 2.60. The number of nitrogens with two attached hydrogens (primary N) is 1. The second-order valence-corrected chi connectivity index (χ2v) is 3.65. The first-order chi connectivity index (χ1) is 6.18. The molecule has 13 heavy (non-hydrogen) atoms. The molecule has 0 fully saturated rings. The highest BCUT2D eigenvalue weighted by Crippen LogP contribution is 2.30. The molecule has 0 aliphatic heterocycles. The molecule has 0 unspecified atom stereocenters. The highest BCUT2D eigenvalue weighted by Gasteiger charge is 2.02. The molecule has 0 radical (unpaired) electrons. The molecule has 3 heteroatoms. The van der Waals surface area contributed by atoms with Crippen LogP contribution in [0.25, 0.3) is 10.8 Å². The van der Waals surface area contributed by atoms with E-state index >= 15 is 0 Å². The Hall–Kier alpha value is -0.920. The fourth-order valence-corrected chi connectivity index (χ4v) is 1.68. The van der Waals surface area contributed by atoms with Crippen molar-refractivity contribution in [3.63, 3.8) is 0 Å². The van der Waals surface area contributed by atoms with E-state index < -0.39 is 0 Å². The van der Waals surface area contributed by atoms with Crippen molar-refractivity contribution in [3.05, 3.63) is 40.4 Å². The van der Waals surface area contributed by atoms with E-state index in [4.69, 9.17) is 28.9 Å². The van der Waals surface area contributed by atoms with Crippen molar-refractivity contribution in [2.24, 2.45) is 0 Å². The summed E-state index contributed by atoms with van der Waals surface area (Å²) in [5.74, 6) is 0. The summed E-state index contributed by atoms with van der Waals surface area (Å²) in [7, 11) is 0. The van der Waals surface area contributed by atoms with Gasteiger partial charge in [-0.15, -0.1) is 0 Å². The molecule has 0 aromatic heterocycles. The predicted octanol–water partition coefficient (Wildman–Crippen LogP) is 3.73. The molecule has 0 aliphatic rings. The van der Waals surface area contributed by atoms with E-state index in [1.54, 1.807) is 6.07 Å². The second-order valence-electron chi connectivity index (χ2n) is 2.83. The summed E-state index contributed by atoms with van der Waals surface area (Å²) < 4.78 is 0. The molecule has 2 N–H and O–H groups in total. The number of nitrogen functional groups attached to an aromatic ring is 1. The molecule has 1 nitrogen and oxygen atoms in total. The molecule has 0 saturated heterocycles. The maximum atomic E-state index is 5.98. The Morgan fingerprint density at radius 2 is 1.77 bits per heavy atom. The lowest BCUT2D eigenvalue weighted by Crippen LogP contribution is -1.86. The topological polar surface area (TPSA) is 26.0 Å². The minimum Gasteiger partial charge on any atom is -0.398 e. The van der Waals surface area contributed by atoms with Gasteiger partial charge in [-0.05, 0) is 23.6 Å². The van der Waals surface area contributed by atoms with E-state index in [1.165, 1.54) is 0 Å². The van der Waals surface area contributed by atoms with Gasteiger partial charge in [0.05, 0.1) is 10.7 Å². The first kappa shape index (κ1) is 8.67. The smallest absolute Gasteiger partial charge is 0.0642 e. The van der Waals surface area contributed by atoms with Crippen molar-refractivity contribution >= 4 is 39.7 Å². The largest absolute Gasteiger partial charge is 0.398 e. The summed E-state index contributed by atoms with van der Waals surface area (Å²) in [6, 6.07) is 9.28. The van der Waals surface area contributed by atoms with Gasteiger partial charge < -0.3 is 5.73 Å². The van der Waals surface area contributed by atoms with Gasteiger partial charge in [0.25, 0.3) is 0 Å². The highest BCUT2D eigenvalue weighted by atomic mass is 35.5. The summed E-state index contributed by atoms with van der Waals surface area (Å²) in [5, 5.41) is 3.18. The van der Waals surface area contributed by atoms with Crippen molar-refractivity contribution in [1.29, 1.82) is 0 Å². The minimum atomic E-state index is 0.542. The van der Waals surface area contributed by atoms with Gasteiger partial charge in [0, 0.05) is 10.4 Å². The fraction of sp³-hybridized carbons (Fsp3) is 0. The van der Waals surface area contributed by atoms with Crippen LogP contribution in [0.3, 0.4) is 0 Å². The van der Waals surface area contributed by atoms with E-state index in [0.717, 1.165) is 10.8 Å².